The SMILES string of the molecule is Cc1noc([C@H](CCCCNC(=O)OC(C)(C)C)NC(=O)OCc2ccccc2)n1. The number of hydrogen-bond acceptors (Lipinski definition) is 7. The van der Waals surface area contributed by atoms with E-state index in [4.69, 9.17) is 14.0 Å². The molecule has 30 heavy (non-hydrogen) atoms. The van der Waals surface area contributed by atoms with Crippen molar-refractivity contribution in [2.24, 2.45) is 0 Å². The van der Waals surface area contributed by atoms with Crippen LogP contribution in [0.15, 0.2) is 34.9 Å². The van der Waals surface area contributed by atoms with E-state index in [0.717, 1.165) is 5.56 Å². The number of ether oxygens (including phenoxy) is 2. The van der Waals surface area contributed by atoms with Crippen LogP contribution in [-0.2, 0) is 16.1 Å². The fourth-order valence-corrected chi connectivity index (χ4v) is 2.60. The molecule has 2 amide bonds. The Balaban J connectivity index is 1.79. The maximum absolute atomic E-state index is 12.2. The van der Waals surface area contributed by atoms with Crippen LogP contribution in [0, 0.1) is 6.92 Å². The molecule has 1 aromatic heterocycles. The van der Waals surface area contributed by atoms with Gasteiger partial charge in [-0.15, -0.1) is 0 Å². The van der Waals surface area contributed by atoms with E-state index in [9.17, 15) is 9.59 Å². The predicted octanol–water partition coefficient (Wildman–Crippen LogP) is 4.04. The van der Waals surface area contributed by atoms with Gasteiger partial charge >= 0.3 is 12.2 Å². The molecule has 2 aromatic rings. The first-order chi connectivity index (χ1) is 14.2. The van der Waals surface area contributed by atoms with Crippen molar-refractivity contribution in [3.05, 3.63) is 47.6 Å². The predicted molar refractivity (Wildman–Crippen MR) is 110 cm³/mol. The summed E-state index contributed by atoms with van der Waals surface area (Å²) in [6.07, 6.45) is 0.948. The molecule has 9 heteroatoms. The number of hydrogen-bond donors (Lipinski definition) is 2. The first-order valence-corrected chi connectivity index (χ1v) is 9.97. The minimum atomic E-state index is -0.563. The van der Waals surface area contributed by atoms with Gasteiger partial charge in [0.1, 0.15) is 18.2 Å². The topological polar surface area (TPSA) is 116 Å². The van der Waals surface area contributed by atoms with Crippen LogP contribution in [0.4, 0.5) is 9.59 Å². The lowest BCUT2D eigenvalue weighted by molar-refractivity contribution is 0.0527. The zero-order valence-corrected chi connectivity index (χ0v) is 17.9. The number of alkyl carbamates (subject to hydrolysis) is 2. The van der Waals surface area contributed by atoms with Crippen LogP contribution in [-0.4, -0.2) is 34.5 Å². The van der Waals surface area contributed by atoms with E-state index in [-0.39, 0.29) is 6.61 Å². The molecule has 0 fully saturated rings. The molecule has 0 radical (unpaired) electrons. The largest absolute Gasteiger partial charge is 0.445 e. The monoisotopic (exact) mass is 418 g/mol. The second kappa shape index (κ2) is 11.2. The second-order valence-corrected chi connectivity index (χ2v) is 7.86. The standard InChI is InChI=1S/C21H30N4O5/c1-15-23-18(30-25-15)17(12-8-9-13-22-19(26)29-21(2,3)4)24-20(27)28-14-16-10-6-5-7-11-16/h5-7,10-11,17H,8-9,12-14H2,1-4H3,(H,22,26)(H,24,27)/t17-/m0/s1. The fourth-order valence-electron chi connectivity index (χ4n) is 2.60. The summed E-state index contributed by atoms with van der Waals surface area (Å²) in [5, 5.41) is 9.28. The number of amides is 2. The highest BCUT2D eigenvalue weighted by Crippen LogP contribution is 2.18. The maximum atomic E-state index is 12.2. The first kappa shape index (κ1) is 23.2. The summed E-state index contributed by atoms with van der Waals surface area (Å²) >= 11 is 0. The van der Waals surface area contributed by atoms with Crippen molar-refractivity contribution < 1.29 is 23.6 Å². The molecule has 0 spiro atoms. The molecule has 0 aliphatic carbocycles. The Hall–Kier alpha value is -3.10. The van der Waals surface area contributed by atoms with Gasteiger partial charge in [0.05, 0.1) is 0 Å². The number of nitrogens with one attached hydrogen (secondary N) is 2. The van der Waals surface area contributed by atoms with Gasteiger partial charge in [0.25, 0.3) is 0 Å². The Morgan fingerprint density at radius 2 is 1.87 bits per heavy atom. The van der Waals surface area contributed by atoms with Crippen molar-refractivity contribution in [2.45, 2.75) is 65.2 Å². The van der Waals surface area contributed by atoms with Gasteiger partial charge in [-0.05, 0) is 52.5 Å². The van der Waals surface area contributed by atoms with Gasteiger partial charge in [-0.2, -0.15) is 4.98 Å². The van der Waals surface area contributed by atoms with Gasteiger partial charge in [-0.1, -0.05) is 35.5 Å². The van der Waals surface area contributed by atoms with Crippen LogP contribution in [0.25, 0.3) is 0 Å². The number of nitrogens with zero attached hydrogens (tertiary/aromatic N) is 2. The fraction of sp³-hybridized carbons (Fsp3) is 0.524. The molecule has 164 valence electrons. The molecule has 2 rings (SSSR count). The maximum Gasteiger partial charge on any atom is 0.408 e. The number of aryl methyl sites for hydroxylation is 1. The highest BCUT2D eigenvalue weighted by molar-refractivity contribution is 5.68. The number of rotatable bonds is 9. The number of carbonyl (C=O) groups is 2. The van der Waals surface area contributed by atoms with Crippen LogP contribution < -0.4 is 10.6 Å². The normalized spacial score (nSPS) is 12.1. The molecule has 0 unspecified atom stereocenters. The molecule has 0 saturated heterocycles. The molecule has 2 N–H and O–H groups in total. The second-order valence-electron chi connectivity index (χ2n) is 7.86. The van der Waals surface area contributed by atoms with Gasteiger partial charge in [0, 0.05) is 6.54 Å². The lowest BCUT2D eigenvalue weighted by Crippen LogP contribution is -2.33. The zero-order valence-electron chi connectivity index (χ0n) is 17.9. The Kier molecular flexibility index (Phi) is 8.64. The highest BCUT2D eigenvalue weighted by atomic mass is 16.6. The summed E-state index contributed by atoms with van der Waals surface area (Å²) in [5.74, 6) is 0.810. The van der Waals surface area contributed by atoms with E-state index in [1.165, 1.54) is 0 Å². The Morgan fingerprint density at radius 1 is 1.13 bits per heavy atom. The molecule has 1 aromatic carbocycles. The summed E-state index contributed by atoms with van der Waals surface area (Å²) in [6, 6.07) is 8.94. The zero-order chi connectivity index (χ0) is 22.0. The van der Waals surface area contributed by atoms with Crippen molar-refractivity contribution >= 4 is 12.2 Å². The third-order valence-electron chi connectivity index (χ3n) is 3.93. The van der Waals surface area contributed by atoms with Gasteiger partial charge in [0.15, 0.2) is 5.82 Å². The van der Waals surface area contributed by atoms with Crippen LogP contribution in [0.2, 0.25) is 0 Å². The molecule has 0 aliphatic rings. The molecular formula is C21H30N4O5. The van der Waals surface area contributed by atoms with Crippen molar-refractivity contribution in [3.63, 3.8) is 0 Å². The van der Waals surface area contributed by atoms with Crippen molar-refractivity contribution in [2.75, 3.05) is 6.54 Å². The minimum Gasteiger partial charge on any atom is -0.445 e. The van der Waals surface area contributed by atoms with E-state index in [1.54, 1.807) is 6.92 Å². The molecule has 1 heterocycles. The summed E-state index contributed by atoms with van der Waals surface area (Å²) in [5.41, 5.74) is 0.362. The van der Waals surface area contributed by atoms with E-state index in [0.29, 0.717) is 37.5 Å². The van der Waals surface area contributed by atoms with Crippen LogP contribution >= 0.6 is 0 Å². The Morgan fingerprint density at radius 3 is 2.50 bits per heavy atom. The lowest BCUT2D eigenvalue weighted by Gasteiger charge is -2.19. The van der Waals surface area contributed by atoms with E-state index in [2.05, 4.69) is 20.8 Å². The Bertz CT molecular complexity index is 801. The van der Waals surface area contributed by atoms with Crippen LogP contribution in [0.1, 0.15) is 63.4 Å². The summed E-state index contributed by atoms with van der Waals surface area (Å²) in [4.78, 5) is 28.1. The average Bonchev–Trinajstić information content (AvgIpc) is 3.11. The average molecular weight is 418 g/mol. The molecule has 1 atom stereocenters. The van der Waals surface area contributed by atoms with Gasteiger partial charge in [-0.25, -0.2) is 9.59 Å². The minimum absolute atomic E-state index is 0.169. The number of benzene rings is 1. The number of unbranched alkanes of at least 4 members (excludes halogenated alkanes) is 1. The molecule has 0 aliphatic heterocycles. The van der Waals surface area contributed by atoms with Crippen LogP contribution in [0.5, 0.6) is 0 Å². The van der Waals surface area contributed by atoms with E-state index in [1.807, 2.05) is 51.1 Å². The first-order valence-electron chi connectivity index (χ1n) is 9.97. The van der Waals surface area contributed by atoms with Gasteiger partial charge in [0.2, 0.25) is 5.89 Å². The lowest BCUT2D eigenvalue weighted by atomic mass is 10.1. The van der Waals surface area contributed by atoms with Crippen molar-refractivity contribution in [1.82, 2.24) is 20.8 Å². The van der Waals surface area contributed by atoms with Crippen molar-refractivity contribution in [3.8, 4) is 0 Å². The molecule has 9 nitrogen and oxygen atoms in total. The van der Waals surface area contributed by atoms with E-state index >= 15 is 0 Å². The highest BCUT2D eigenvalue weighted by Gasteiger charge is 2.21. The molecular weight excluding hydrogens is 388 g/mol. The van der Waals surface area contributed by atoms with Gasteiger partial charge < -0.3 is 24.6 Å². The quantitative estimate of drug-likeness (QED) is 0.590. The van der Waals surface area contributed by atoms with Crippen molar-refractivity contribution in [1.29, 1.82) is 0 Å². The smallest absolute Gasteiger partial charge is 0.408 e. The number of aromatic nitrogens is 2. The van der Waals surface area contributed by atoms with Crippen LogP contribution in [0.3, 0.4) is 0 Å². The summed E-state index contributed by atoms with van der Waals surface area (Å²) < 4.78 is 15.7. The third kappa shape index (κ3) is 8.93. The van der Waals surface area contributed by atoms with Gasteiger partial charge in [-0.3, -0.25) is 0 Å². The molecule has 0 saturated carbocycles. The molecule has 0 bridgehead atoms. The Labute approximate surface area is 176 Å². The third-order valence-corrected chi connectivity index (χ3v) is 3.93. The summed E-state index contributed by atoms with van der Waals surface area (Å²) in [7, 11) is 0. The van der Waals surface area contributed by atoms with E-state index < -0.39 is 23.8 Å². The summed E-state index contributed by atoms with van der Waals surface area (Å²) in [6.45, 7) is 7.78. The number of carbonyl (C=O) groups excluding carboxylic acids is 2.